The first-order chi connectivity index (χ1) is 10.1. The number of carbonyl (C=O) groups is 2. The first kappa shape index (κ1) is 14.0. The molecule has 0 bridgehead atoms. The van der Waals surface area contributed by atoms with Gasteiger partial charge in [-0.3, -0.25) is 0 Å². The van der Waals surface area contributed by atoms with Crippen molar-refractivity contribution in [3.8, 4) is 0 Å². The number of fused-ring (bicyclic) bond motifs is 1. The van der Waals surface area contributed by atoms with E-state index in [0.29, 0.717) is 36.9 Å². The van der Waals surface area contributed by atoms with E-state index in [1.165, 1.54) is 0 Å². The Morgan fingerprint density at radius 3 is 3.00 bits per heavy atom. The van der Waals surface area contributed by atoms with Gasteiger partial charge in [0, 0.05) is 26.2 Å². The highest BCUT2D eigenvalue weighted by Gasteiger charge is 2.36. The second kappa shape index (κ2) is 5.44. The van der Waals surface area contributed by atoms with E-state index in [9.17, 15) is 9.59 Å². The van der Waals surface area contributed by atoms with Crippen LogP contribution in [0, 0.1) is 6.92 Å². The van der Waals surface area contributed by atoms with Crippen molar-refractivity contribution in [2.75, 3.05) is 31.5 Å². The van der Waals surface area contributed by atoms with Crippen molar-refractivity contribution in [1.82, 2.24) is 15.1 Å². The zero-order valence-corrected chi connectivity index (χ0v) is 12.5. The fourth-order valence-corrected chi connectivity index (χ4v) is 3.03. The van der Waals surface area contributed by atoms with E-state index in [0.717, 1.165) is 5.56 Å². The average molecular weight is 309 g/mol. The highest BCUT2D eigenvalue weighted by atomic mass is 35.5. The van der Waals surface area contributed by atoms with E-state index >= 15 is 0 Å². The summed E-state index contributed by atoms with van der Waals surface area (Å²) in [5, 5.41) is 6.19. The minimum absolute atomic E-state index is 0.0398. The fourth-order valence-electron chi connectivity index (χ4n) is 2.76. The number of rotatable bonds is 1. The highest BCUT2D eigenvalue weighted by molar-refractivity contribution is 6.33. The number of nitrogens with zero attached hydrogens (tertiary/aromatic N) is 2. The Kier molecular flexibility index (Phi) is 3.63. The molecule has 1 unspecified atom stereocenters. The smallest absolute Gasteiger partial charge is 0.322 e. The number of urea groups is 2. The Balaban J connectivity index is 1.68. The number of nitrogens with one attached hydrogen (secondary N) is 2. The minimum atomic E-state index is -0.176. The molecular formula is C14H17ClN4O2. The predicted octanol–water partition coefficient (Wildman–Crippen LogP) is 1.89. The quantitative estimate of drug-likeness (QED) is 0.832. The second-order valence-electron chi connectivity index (χ2n) is 5.34. The molecule has 0 radical (unpaired) electrons. The molecule has 2 aliphatic rings. The number of aryl methyl sites for hydroxylation is 1. The highest BCUT2D eigenvalue weighted by Crippen LogP contribution is 2.26. The molecule has 2 fully saturated rings. The van der Waals surface area contributed by atoms with Crippen LogP contribution in [0.25, 0.3) is 0 Å². The fraction of sp³-hybridized carbons (Fsp3) is 0.429. The zero-order chi connectivity index (χ0) is 15.0. The van der Waals surface area contributed by atoms with Crippen LogP contribution in [0.3, 0.4) is 0 Å². The van der Waals surface area contributed by atoms with Crippen molar-refractivity contribution < 1.29 is 9.59 Å². The van der Waals surface area contributed by atoms with E-state index in [4.69, 9.17) is 11.6 Å². The van der Waals surface area contributed by atoms with Gasteiger partial charge in [-0.2, -0.15) is 0 Å². The van der Waals surface area contributed by atoms with Crippen molar-refractivity contribution in [2.24, 2.45) is 0 Å². The molecular weight excluding hydrogens is 292 g/mol. The summed E-state index contributed by atoms with van der Waals surface area (Å²) in [7, 11) is 0. The van der Waals surface area contributed by atoms with Crippen LogP contribution < -0.4 is 10.6 Å². The molecule has 0 saturated carbocycles. The summed E-state index contributed by atoms with van der Waals surface area (Å²) in [4.78, 5) is 27.4. The lowest BCUT2D eigenvalue weighted by molar-refractivity contribution is 0.136. The number of halogens is 1. The summed E-state index contributed by atoms with van der Waals surface area (Å²) in [6.07, 6.45) is 0. The topological polar surface area (TPSA) is 64.7 Å². The first-order valence-corrected chi connectivity index (χ1v) is 7.29. The molecule has 3 rings (SSSR count). The Morgan fingerprint density at radius 2 is 2.24 bits per heavy atom. The van der Waals surface area contributed by atoms with Crippen molar-refractivity contribution in [2.45, 2.75) is 13.0 Å². The first-order valence-electron chi connectivity index (χ1n) is 6.92. The van der Waals surface area contributed by atoms with Crippen LogP contribution in [0.2, 0.25) is 5.02 Å². The van der Waals surface area contributed by atoms with Crippen LogP contribution in [-0.2, 0) is 0 Å². The van der Waals surface area contributed by atoms with Crippen molar-refractivity contribution >= 4 is 29.4 Å². The number of carbonyl (C=O) groups excluding carboxylic acids is 2. The van der Waals surface area contributed by atoms with Crippen LogP contribution in [0.15, 0.2) is 18.2 Å². The van der Waals surface area contributed by atoms with Gasteiger partial charge >= 0.3 is 12.1 Å². The van der Waals surface area contributed by atoms with Crippen molar-refractivity contribution in [3.05, 3.63) is 28.8 Å². The third-order valence-electron chi connectivity index (χ3n) is 3.97. The van der Waals surface area contributed by atoms with Gasteiger partial charge in [-0.15, -0.1) is 0 Å². The van der Waals surface area contributed by atoms with Crippen molar-refractivity contribution in [3.63, 3.8) is 0 Å². The molecule has 2 saturated heterocycles. The summed E-state index contributed by atoms with van der Waals surface area (Å²) in [6.45, 7) is 4.12. The molecule has 4 amide bonds. The van der Waals surface area contributed by atoms with Gasteiger partial charge in [0.05, 0.1) is 16.8 Å². The second-order valence-corrected chi connectivity index (χ2v) is 5.75. The third-order valence-corrected chi connectivity index (χ3v) is 4.29. The maximum atomic E-state index is 12.4. The molecule has 0 aromatic heterocycles. The van der Waals surface area contributed by atoms with Gasteiger partial charge in [0.1, 0.15) is 0 Å². The molecule has 1 aromatic rings. The SMILES string of the molecule is Cc1cccc(Cl)c1NC(=O)N1CCN2C(=O)NCC2C1. The molecule has 7 heteroatoms. The Hall–Kier alpha value is -1.95. The molecule has 2 aliphatic heterocycles. The molecule has 112 valence electrons. The summed E-state index contributed by atoms with van der Waals surface area (Å²) in [5.74, 6) is 0. The van der Waals surface area contributed by atoms with Gasteiger partial charge in [0.25, 0.3) is 0 Å². The molecule has 2 N–H and O–H groups in total. The number of hydrogen-bond acceptors (Lipinski definition) is 2. The van der Waals surface area contributed by atoms with Gasteiger partial charge in [0.2, 0.25) is 0 Å². The number of hydrogen-bond donors (Lipinski definition) is 2. The number of anilines is 1. The summed E-state index contributed by atoms with van der Waals surface area (Å²) < 4.78 is 0. The molecule has 0 spiro atoms. The third kappa shape index (κ3) is 2.63. The van der Waals surface area contributed by atoms with Crippen LogP contribution in [0.1, 0.15) is 5.56 Å². The number of piperazine rings is 1. The monoisotopic (exact) mass is 308 g/mol. The van der Waals surface area contributed by atoms with Gasteiger partial charge < -0.3 is 20.4 Å². The molecule has 0 aliphatic carbocycles. The van der Waals surface area contributed by atoms with Crippen LogP contribution in [0.4, 0.5) is 15.3 Å². The maximum absolute atomic E-state index is 12.4. The van der Waals surface area contributed by atoms with Crippen LogP contribution in [0.5, 0.6) is 0 Å². The number of benzene rings is 1. The molecule has 6 nitrogen and oxygen atoms in total. The van der Waals surface area contributed by atoms with Gasteiger partial charge in [-0.25, -0.2) is 9.59 Å². The largest absolute Gasteiger partial charge is 0.336 e. The van der Waals surface area contributed by atoms with E-state index in [2.05, 4.69) is 10.6 Å². The van der Waals surface area contributed by atoms with E-state index in [-0.39, 0.29) is 18.1 Å². The lowest BCUT2D eigenvalue weighted by Crippen LogP contribution is -2.54. The van der Waals surface area contributed by atoms with E-state index in [1.807, 2.05) is 19.1 Å². The minimum Gasteiger partial charge on any atom is -0.336 e. The lowest BCUT2D eigenvalue weighted by atomic mass is 10.2. The van der Waals surface area contributed by atoms with Crippen LogP contribution >= 0.6 is 11.6 Å². The van der Waals surface area contributed by atoms with E-state index in [1.54, 1.807) is 15.9 Å². The van der Waals surface area contributed by atoms with E-state index < -0.39 is 0 Å². The predicted molar refractivity (Wildman–Crippen MR) is 80.7 cm³/mol. The summed E-state index contributed by atoms with van der Waals surface area (Å²) in [6, 6.07) is 5.35. The normalized spacial score (nSPS) is 21.0. The standard InChI is InChI=1S/C14H17ClN4O2/c1-9-3-2-4-11(15)12(9)17-14(21)18-5-6-19-10(8-18)7-16-13(19)20/h2-4,10H,5-8H2,1H3,(H,16,20)(H,17,21). The average Bonchev–Trinajstić information content (AvgIpc) is 2.84. The van der Waals surface area contributed by atoms with Crippen molar-refractivity contribution in [1.29, 1.82) is 0 Å². The Morgan fingerprint density at radius 1 is 1.43 bits per heavy atom. The maximum Gasteiger partial charge on any atom is 0.322 e. The molecule has 1 aromatic carbocycles. The summed E-state index contributed by atoms with van der Waals surface area (Å²) in [5.41, 5.74) is 1.57. The number of para-hydroxylation sites is 1. The zero-order valence-electron chi connectivity index (χ0n) is 11.7. The Labute approximate surface area is 128 Å². The Bertz CT molecular complexity index is 572. The molecule has 2 heterocycles. The van der Waals surface area contributed by atoms with Gasteiger partial charge in [0.15, 0.2) is 0 Å². The molecule has 21 heavy (non-hydrogen) atoms. The van der Waals surface area contributed by atoms with Crippen LogP contribution in [-0.4, -0.2) is 54.1 Å². The van der Waals surface area contributed by atoms with Gasteiger partial charge in [-0.05, 0) is 18.6 Å². The molecule has 1 atom stereocenters. The van der Waals surface area contributed by atoms with Gasteiger partial charge in [-0.1, -0.05) is 23.7 Å². The number of amides is 4. The summed E-state index contributed by atoms with van der Waals surface area (Å²) >= 11 is 6.12. The lowest BCUT2D eigenvalue weighted by Gasteiger charge is -2.36.